The van der Waals surface area contributed by atoms with Crippen LogP contribution in [0.15, 0.2) is 24.3 Å². The van der Waals surface area contributed by atoms with Crippen LogP contribution in [0.5, 0.6) is 0 Å². The number of aliphatic hydroxyl groups is 1. The van der Waals surface area contributed by atoms with Crippen molar-refractivity contribution in [1.29, 1.82) is 0 Å². The van der Waals surface area contributed by atoms with E-state index in [9.17, 15) is 14.3 Å². The van der Waals surface area contributed by atoms with Gasteiger partial charge in [-0.25, -0.2) is 9.18 Å². The van der Waals surface area contributed by atoms with Crippen molar-refractivity contribution in [2.24, 2.45) is 5.92 Å². The maximum Gasteiger partial charge on any atom is 0.319 e. The summed E-state index contributed by atoms with van der Waals surface area (Å²) < 4.78 is 12.9. The van der Waals surface area contributed by atoms with Crippen LogP contribution >= 0.6 is 0 Å². The van der Waals surface area contributed by atoms with Crippen LogP contribution in [0.25, 0.3) is 0 Å². The van der Waals surface area contributed by atoms with Crippen LogP contribution in [0.4, 0.5) is 14.9 Å². The molecular formula is C14H21FN2O2. The Morgan fingerprint density at radius 3 is 2.79 bits per heavy atom. The van der Waals surface area contributed by atoms with Crippen LogP contribution in [0.1, 0.15) is 27.2 Å². The molecule has 0 aliphatic heterocycles. The summed E-state index contributed by atoms with van der Waals surface area (Å²) in [5.41, 5.74) is -0.589. The number of anilines is 1. The van der Waals surface area contributed by atoms with E-state index in [-0.39, 0.29) is 12.5 Å². The number of benzene rings is 1. The zero-order valence-corrected chi connectivity index (χ0v) is 11.5. The Hall–Kier alpha value is -1.62. The predicted octanol–water partition coefficient (Wildman–Crippen LogP) is 2.74. The number of amides is 2. The third-order valence-corrected chi connectivity index (χ3v) is 3.36. The molecule has 0 radical (unpaired) electrons. The second-order valence-corrected chi connectivity index (χ2v) is 4.98. The monoisotopic (exact) mass is 268 g/mol. The van der Waals surface area contributed by atoms with Crippen molar-refractivity contribution in [3.63, 3.8) is 0 Å². The van der Waals surface area contributed by atoms with Gasteiger partial charge in [0.2, 0.25) is 0 Å². The van der Waals surface area contributed by atoms with Gasteiger partial charge in [-0.15, -0.1) is 0 Å². The van der Waals surface area contributed by atoms with Gasteiger partial charge in [-0.3, -0.25) is 0 Å². The van der Waals surface area contributed by atoms with Gasteiger partial charge in [0.25, 0.3) is 0 Å². The average Bonchev–Trinajstić information content (AvgIpc) is 2.35. The van der Waals surface area contributed by atoms with Crippen molar-refractivity contribution in [1.82, 2.24) is 5.32 Å². The minimum atomic E-state index is -0.964. The van der Waals surface area contributed by atoms with Crippen molar-refractivity contribution >= 4 is 11.7 Å². The molecular weight excluding hydrogens is 247 g/mol. The number of carbonyl (C=O) groups is 1. The van der Waals surface area contributed by atoms with Crippen molar-refractivity contribution in [3.05, 3.63) is 30.1 Å². The maximum absolute atomic E-state index is 12.9. The molecule has 1 aromatic rings. The summed E-state index contributed by atoms with van der Waals surface area (Å²) in [5, 5.41) is 15.2. The molecule has 4 nitrogen and oxygen atoms in total. The van der Waals surface area contributed by atoms with E-state index >= 15 is 0 Å². The number of nitrogens with one attached hydrogen (secondary N) is 2. The first-order valence-electron chi connectivity index (χ1n) is 6.38. The maximum atomic E-state index is 12.9. The molecule has 5 heteroatoms. The predicted molar refractivity (Wildman–Crippen MR) is 73.5 cm³/mol. The molecule has 0 saturated carbocycles. The number of halogens is 1. The van der Waals surface area contributed by atoms with Gasteiger partial charge in [-0.1, -0.05) is 26.3 Å². The van der Waals surface area contributed by atoms with Crippen molar-refractivity contribution in [3.8, 4) is 0 Å². The summed E-state index contributed by atoms with van der Waals surface area (Å²) in [4.78, 5) is 11.6. The molecule has 0 aliphatic rings. The molecule has 0 heterocycles. The van der Waals surface area contributed by atoms with Gasteiger partial charge in [0.05, 0.1) is 5.60 Å². The zero-order valence-electron chi connectivity index (χ0n) is 11.5. The molecule has 0 spiro atoms. The van der Waals surface area contributed by atoms with Crippen LogP contribution in [0.2, 0.25) is 0 Å². The molecule has 2 amide bonds. The van der Waals surface area contributed by atoms with Crippen LogP contribution in [0, 0.1) is 11.7 Å². The Bertz CT molecular complexity index is 435. The summed E-state index contributed by atoms with van der Waals surface area (Å²) in [5.74, 6) is -0.341. The molecule has 1 rings (SSSR count). The quantitative estimate of drug-likeness (QED) is 0.769. The van der Waals surface area contributed by atoms with Crippen LogP contribution in [-0.2, 0) is 0 Å². The molecule has 3 N–H and O–H groups in total. The van der Waals surface area contributed by atoms with Crippen LogP contribution in [0.3, 0.4) is 0 Å². The van der Waals surface area contributed by atoms with Crippen molar-refractivity contribution in [2.45, 2.75) is 32.8 Å². The normalized spacial score (nSPS) is 15.4. The summed E-state index contributed by atoms with van der Waals surface area (Å²) in [6, 6.07) is 5.17. The van der Waals surface area contributed by atoms with Crippen LogP contribution in [-0.4, -0.2) is 23.3 Å². The molecule has 0 aliphatic carbocycles. The highest BCUT2D eigenvalue weighted by molar-refractivity contribution is 5.89. The summed E-state index contributed by atoms with van der Waals surface area (Å²) >= 11 is 0. The van der Waals surface area contributed by atoms with Crippen LogP contribution < -0.4 is 10.6 Å². The van der Waals surface area contributed by atoms with Crippen molar-refractivity contribution < 1.29 is 14.3 Å². The van der Waals surface area contributed by atoms with Gasteiger partial charge < -0.3 is 15.7 Å². The molecule has 0 aromatic heterocycles. The Kier molecular flexibility index (Phi) is 5.30. The summed E-state index contributed by atoms with van der Waals surface area (Å²) in [7, 11) is 0. The second-order valence-electron chi connectivity index (χ2n) is 4.98. The standard InChI is InChI=1S/C14H21FN2O2/c1-4-10(2)14(3,19)9-16-13(18)17-12-7-5-6-11(15)8-12/h5-8,10,19H,4,9H2,1-3H3,(H2,16,17,18). The number of rotatable bonds is 5. The lowest BCUT2D eigenvalue weighted by atomic mass is 9.89. The van der Waals surface area contributed by atoms with Gasteiger partial charge >= 0.3 is 6.03 Å². The molecule has 2 atom stereocenters. The first-order chi connectivity index (χ1) is 8.85. The molecule has 0 saturated heterocycles. The van der Waals surface area contributed by atoms with E-state index in [2.05, 4.69) is 10.6 Å². The highest BCUT2D eigenvalue weighted by atomic mass is 19.1. The fourth-order valence-electron chi connectivity index (χ4n) is 1.61. The Morgan fingerprint density at radius 2 is 2.21 bits per heavy atom. The van der Waals surface area contributed by atoms with E-state index in [1.807, 2.05) is 13.8 Å². The van der Waals surface area contributed by atoms with Gasteiger partial charge in [0, 0.05) is 12.2 Å². The molecule has 2 unspecified atom stereocenters. The SMILES string of the molecule is CCC(C)C(C)(O)CNC(=O)Nc1cccc(F)c1. The Balaban J connectivity index is 2.48. The molecule has 106 valence electrons. The van der Waals surface area contributed by atoms with E-state index in [0.29, 0.717) is 5.69 Å². The average molecular weight is 268 g/mol. The number of hydrogen-bond donors (Lipinski definition) is 3. The fourth-order valence-corrected chi connectivity index (χ4v) is 1.61. The third-order valence-electron chi connectivity index (χ3n) is 3.36. The van der Waals surface area contributed by atoms with E-state index in [1.165, 1.54) is 18.2 Å². The number of carbonyl (C=O) groups excluding carboxylic acids is 1. The van der Waals surface area contributed by atoms with Gasteiger partial charge in [0.1, 0.15) is 5.82 Å². The lowest BCUT2D eigenvalue weighted by molar-refractivity contribution is 0.00827. The zero-order chi connectivity index (χ0) is 14.5. The minimum Gasteiger partial charge on any atom is -0.388 e. The van der Waals surface area contributed by atoms with E-state index < -0.39 is 17.4 Å². The van der Waals surface area contributed by atoms with E-state index in [4.69, 9.17) is 0 Å². The molecule has 1 aromatic carbocycles. The smallest absolute Gasteiger partial charge is 0.319 e. The Morgan fingerprint density at radius 1 is 1.53 bits per heavy atom. The van der Waals surface area contributed by atoms with Gasteiger partial charge in [-0.05, 0) is 31.0 Å². The summed E-state index contributed by atoms with van der Waals surface area (Å²) in [6.45, 7) is 5.73. The minimum absolute atomic E-state index is 0.0713. The first kappa shape index (κ1) is 15.4. The lowest BCUT2D eigenvalue weighted by Crippen LogP contribution is -2.46. The molecule has 19 heavy (non-hydrogen) atoms. The van der Waals surface area contributed by atoms with Gasteiger partial charge in [-0.2, -0.15) is 0 Å². The molecule has 0 fully saturated rings. The third kappa shape index (κ3) is 4.87. The van der Waals surface area contributed by atoms with E-state index in [1.54, 1.807) is 13.0 Å². The number of urea groups is 1. The van der Waals surface area contributed by atoms with Gasteiger partial charge in [0.15, 0.2) is 0 Å². The fraction of sp³-hybridized carbons (Fsp3) is 0.500. The van der Waals surface area contributed by atoms with E-state index in [0.717, 1.165) is 6.42 Å². The number of hydrogen-bond acceptors (Lipinski definition) is 2. The first-order valence-corrected chi connectivity index (χ1v) is 6.38. The highest BCUT2D eigenvalue weighted by Crippen LogP contribution is 2.18. The molecule has 0 bridgehead atoms. The summed E-state index contributed by atoms with van der Waals surface area (Å²) in [6.07, 6.45) is 0.820. The topological polar surface area (TPSA) is 61.4 Å². The lowest BCUT2D eigenvalue weighted by Gasteiger charge is -2.29. The highest BCUT2D eigenvalue weighted by Gasteiger charge is 2.27. The second kappa shape index (κ2) is 6.52. The van der Waals surface area contributed by atoms with Crippen molar-refractivity contribution in [2.75, 3.05) is 11.9 Å². The Labute approximate surface area is 113 Å². The largest absolute Gasteiger partial charge is 0.388 e.